The molecule has 0 aliphatic carbocycles. The molecule has 5 nitrogen and oxygen atoms in total. The van der Waals surface area contributed by atoms with Gasteiger partial charge in [0, 0.05) is 31.7 Å². The molecule has 0 saturated carbocycles. The Morgan fingerprint density at radius 1 is 0.938 bits per heavy atom. The molecule has 2 N–H and O–H groups in total. The van der Waals surface area contributed by atoms with Crippen LogP contribution < -0.4 is 10.2 Å². The molecule has 0 spiro atoms. The van der Waals surface area contributed by atoms with Crippen LogP contribution in [0.25, 0.3) is 21.9 Å². The second-order valence-corrected chi connectivity index (χ2v) is 9.58. The van der Waals surface area contributed by atoms with Gasteiger partial charge in [-0.3, -0.25) is 9.69 Å². The standard InChI is InChI=1S/C26H16N2O3S/c1-26-17-9-11-21-23-15(14-4-2-3-5-20(14)32-21)7-8-16(22(17)23)24(29)28(26)19-10-6-13(25(30)31)12-18(19)27-26/h2-12,27H,1H3,(H,30,31). The van der Waals surface area contributed by atoms with Crippen molar-refractivity contribution < 1.29 is 14.7 Å². The number of carboxylic acids is 1. The van der Waals surface area contributed by atoms with Crippen LogP contribution in [0.4, 0.5) is 11.4 Å². The highest BCUT2D eigenvalue weighted by molar-refractivity contribution is 7.99. The summed E-state index contributed by atoms with van der Waals surface area (Å²) < 4.78 is 0. The lowest BCUT2D eigenvalue weighted by molar-refractivity contribution is 0.0696. The molecule has 7 rings (SSSR count). The van der Waals surface area contributed by atoms with Crippen molar-refractivity contribution in [1.29, 1.82) is 0 Å². The second-order valence-electron chi connectivity index (χ2n) is 8.50. The van der Waals surface area contributed by atoms with E-state index in [1.54, 1.807) is 34.9 Å². The van der Waals surface area contributed by atoms with Crippen LogP contribution >= 0.6 is 11.8 Å². The number of hydrogen-bond donors (Lipinski definition) is 2. The highest BCUT2D eigenvalue weighted by atomic mass is 32.2. The van der Waals surface area contributed by atoms with Crippen LogP contribution in [0.5, 0.6) is 0 Å². The summed E-state index contributed by atoms with van der Waals surface area (Å²) in [6, 6.07) is 21.4. The minimum atomic E-state index is -0.992. The summed E-state index contributed by atoms with van der Waals surface area (Å²) in [5, 5.41) is 15.0. The third-order valence-corrected chi connectivity index (χ3v) is 7.92. The summed E-state index contributed by atoms with van der Waals surface area (Å²) in [5.41, 5.74) is 4.75. The lowest BCUT2D eigenvalue weighted by Gasteiger charge is -2.41. The van der Waals surface area contributed by atoms with Gasteiger partial charge in [0.05, 0.1) is 16.9 Å². The summed E-state index contributed by atoms with van der Waals surface area (Å²) >= 11 is 1.73. The molecule has 4 aromatic rings. The number of carbonyl (C=O) groups excluding carboxylic acids is 1. The Morgan fingerprint density at radius 3 is 2.59 bits per heavy atom. The summed E-state index contributed by atoms with van der Waals surface area (Å²) in [4.78, 5) is 29.4. The van der Waals surface area contributed by atoms with Crippen LogP contribution in [0.1, 0.15) is 33.2 Å². The molecule has 0 saturated heterocycles. The fourth-order valence-corrected chi connectivity index (χ4v) is 6.52. The topological polar surface area (TPSA) is 69.6 Å². The number of carboxylic acid groups (broad SMARTS) is 1. The SMILES string of the molecule is CC12Nc3cc(C(=O)O)ccc3N1C(=O)c1ccc3c4c(ccc2c14)Sc1ccccc1-3. The largest absolute Gasteiger partial charge is 0.478 e. The maximum absolute atomic E-state index is 13.8. The summed E-state index contributed by atoms with van der Waals surface area (Å²) in [7, 11) is 0. The maximum Gasteiger partial charge on any atom is 0.335 e. The number of anilines is 2. The van der Waals surface area contributed by atoms with Crippen molar-refractivity contribution >= 4 is 45.8 Å². The van der Waals surface area contributed by atoms with Crippen LogP contribution in [0.3, 0.4) is 0 Å². The Hall–Kier alpha value is -3.77. The average molecular weight is 436 g/mol. The number of rotatable bonds is 1. The van der Waals surface area contributed by atoms with E-state index >= 15 is 0 Å². The third-order valence-electron chi connectivity index (χ3n) is 6.79. The van der Waals surface area contributed by atoms with E-state index in [0.29, 0.717) is 16.9 Å². The average Bonchev–Trinajstić information content (AvgIpc) is 3.11. The van der Waals surface area contributed by atoms with E-state index in [1.807, 2.05) is 25.1 Å². The molecule has 154 valence electrons. The lowest BCUT2D eigenvalue weighted by atomic mass is 9.83. The highest BCUT2D eigenvalue weighted by Crippen LogP contribution is 2.55. The maximum atomic E-state index is 13.8. The molecule has 0 aromatic heterocycles. The van der Waals surface area contributed by atoms with Crippen molar-refractivity contribution in [2.45, 2.75) is 22.4 Å². The van der Waals surface area contributed by atoms with E-state index < -0.39 is 11.6 Å². The zero-order valence-corrected chi connectivity index (χ0v) is 17.8. The Bertz CT molecular complexity index is 1560. The first-order valence-electron chi connectivity index (χ1n) is 10.3. The summed E-state index contributed by atoms with van der Waals surface area (Å²) in [6.45, 7) is 1.99. The van der Waals surface area contributed by atoms with E-state index in [2.05, 4.69) is 35.6 Å². The van der Waals surface area contributed by atoms with Crippen molar-refractivity contribution in [3.05, 3.63) is 83.4 Å². The van der Waals surface area contributed by atoms with E-state index in [-0.39, 0.29) is 11.5 Å². The van der Waals surface area contributed by atoms with Gasteiger partial charge in [-0.1, -0.05) is 42.1 Å². The zero-order chi connectivity index (χ0) is 21.8. The second kappa shape index (κ2) is 5.72. The zero-order valence-electron chi connectivity index (χ0n) is 17.0. The Kier molecular flexibility index (Phi) is 3.19. The molecule has 6 heteroatoms. The molecule has 1 atom stereocenters. The number of benzene rings is 4. The van der Waals surface area contributed by atoms with Crippen molar-refractivity contribution in [3.8, 4) is 11.1 Å². The quantitative estimate of drug-likeness (QED) is 0.341. The fraction of sp³-hybridized carbons (Fsp3) is 0.0769. The fourth-order valence-electron chi connectivity index (χ4n) is 5.40. The van der Waals surface area contributed by atoms with Crippen LogP contribution in [-0.2, 0) is 5.66 Å². The van der Waals surface area contributed by atoms with Gasteiger partial charge in [-0.2, -0.15) is 0 Å². The Balaban J connectivity index is 1.53. The first-order valence-corrected chi connectivity index (χ1v) is 11.2. The van der Waals surface area contributed by atoms with Gasteiger partial charge in [0.15, 0.2) is 0 Å². The smallest absolute Gasteiger partial charge is 0.335 e. The van der Waals surface area contributed by atoms with Gasteiger partial charge in [-0.25, -0.2) is 4.79 Å². The van der Waals surface area contributed by atoms with E-state index in [9.17, 15) is 14.7 Å². The Morgan fingerprint density at radius 2 is 1.75 bits per heavy atom. The minimum Gasteiger partial charge on any atom is -0.478 e. The Labute approximate surface area is 187 Å². The van der Waals surface area contributed by atoms with Crippen molar-refractivity contribution in [2.24, 2.45) is 0 Å². The predicted octanol–water partition coefficient (Wildman–Crippen LogP) is 5.93. The van der Waals surface area contributed by atoms with Gasteiger partial charge in [-0.05, 0) is 54.4 Å². The molecule has 3 aliphatic heterocycles. The van der Waals surface area contributed by atoms with Crippen LogP contribution in [0.2, 0.25) is 0 Å². The minimum absolute atomic E-state index is 0.0816. The van der Waals surface area contributed by atoms with Crippen molar-refractivity contribution in [1.82, 2.24) is 0 Å². The number of amides is 1. The van der Waals surface area contributed by atoms with Crippen molar-refractivity contribution in [3.63, 3.8) is 0 Å². The number of aromatic carboxylic acids is 1. The van der Waals surface area contributed by atoms with Crippen LogP contribution in [-0.4, -0.2) is 17.0 Å². The first-order chi connectivity index (χ1) is 15.5. The van der Waals surface area contributed by atoms with Gasteiger partial charge in [0.1, 0.15) is 5.66 Å². The van der Waals surface area contributed by atoms with E-state index in [4.69, 9.17) is 0 Å². The number of hydrogen-bond acceptors (Lipinski definition) is 4. The summed E-state index contributed by atoms with van der Waals surface area (Å²) in [5.74, 6) is -1.07. The molecule has 0 radical (unpaired) electrons. The highest BCUT2D eigenvalue weighted by Gasteiger charge is 2.50. The van der Waals surface area contributed by atoms with E-state index in [1.165, 1.54) is 10.5 Å². The molecule has 32 heavy (non-hydrogen) atoms. The molecule has 3 heterocycles. The number of nitrogens with one attached hydrogen (secondary N) is 1. The van der Waals surface area contributed by atoms with Crippen molar-refractivity contribution in [2.75, 3.05) is 10.2 Å². The first kappa shape index (κ1) is 17.9. The predicted molar refractivity (Wildman–Crippen MR) is 125 cm³/mol. The van der Waals surface area contributed by atoms with Crippen LogP contribution in [0, 0.1) is 0 Å². The van der Waals surface area contributed by atoms with E-state index in [0.717, 1.165) is 26.8 Å². The number of fused-ring (bicyclic) bond motifs is 6. The van der Waals surface area contributed by atoms with Crippen LogP contribution in [0.15, 0.2) is 76.5 Å². The molecular weight excluding hydrogens is 420 g/mol. The number of carbonyl (C=O) groups is 2. The summed E-state index contributed by atoms with van der Waals surface area (Å²) in [6.07, 6.45) is 0. The molecule has 1 unspecified atom stereocenters. The monoisotopic (exact) mass is 436 g/mol. The molecule has 0 fully saturated rings. The molecule has 1 amide bonds. The van der Waals surface area contributed by atoms with Gasteiger partial charge in [0.25, 0.3) is 5.91 Å². The third kappa shape index (κ3) is 2.01. The van der Waals surface area contributed by atoms with Gasteiger partial charge < -0.3 is 10.4 Å². The van der Waals surface area contributed by atoms with Gasteiger partial charge in [-0.15, -0.1) is 0 Å². The molecule has 0 bridgehead atoms. The normalized spacial score (nSPS) is 19.3. The molecule has 3 aliphatic rings. The lowest BCUT2D eigenvalue weighted by Crippen LogP contribution is -2.51. The van der Waals surface area contributed by atoms with Gasteiger partial charge in [0.2, 0.25) is 0 Å². The number of nitrogens with zero attached hydrogens (tertiary/aromatic N) is 1. The molecule has 4 aromatic carbocycles. The molecular formula is C26H16N2O3S. The van der Waals surface area contributed by atoms with Gasteiger partial charge >= 0.3 is 5.97 Å².